The predicted molar refractivity (Wildman–Crippen MR) is 217 cm³/mol. The molecule has 0 aliphatic heterocycles. The Balaban J connectivity index is 5.40. The number of ether oxygens (including phenoxy) is 1. The zero-order valence-corrected chi connectivity index (χ0v) is 37.0. The normalized spacial score (nSPS) is 16.8. The lowest BCUT2D eigenvalue weighted by Gasteiger charge is -2.41. The molecule has 276 valence electrons. The smallest absolute Gasteiger partial charge is 0.305 e. The van der Waals surface area contributed by atoms with Gasteiger partial charge in [-0.25, -0.2) is 0 Å². The highest BCUT2D eigenvalue weighted by molar-refractivity contribution is 6.75. The van der Waals surface area contributed by atoms with Gasteiger partial charge in [0.25, 0.3) is 0 Å². The fraction of sp³-hybridized carbons (Fsp3) is 0.675. The molecule has 0 aromatic rings. The predicted octanol–water partition coefficient (Wildman–Crippen LogP) is 12.1. The van der Waals surface area contributed by atoms with Crippen LogP contribution in [0.4, 0.5) is 0 Å². The number of hydrogen-bond donors (Lipinski definition) is 0. The van der Waals surface area contributed by atoms with Gasteiger partial charge in [0.1, 0.15) is 0 Å². The fourth-order valence-electron chi connectivity index (χ4n) is 3.64. The van der Waals surface area contributed by atoms with E-state index in [0.717, 1.165) is 6.42 Å². The quantitative estimate of drug-likeness (QED) is 0.0576. The van der Waals surface area contributed by atoms with Crippen molar-refractivity contribution in [1.29, 1.82) is 0 Å². The van der Waals surface area contributed by atoms with Crippen LogP contribution in [0.25, 0.3) is 0 Å². The fourth-order valence-corrected chi connectivity index (χ4v) is 7.38. The Morgan fingerprint density at radius 3 is 1.56 bits per heavy atom. The van der Waals surface area contributed by atoms with Crippen molar-refractivity contribution < 1.29 is 22.8 Å². The summed E-state index contributed by atoms with van der Waals surface area (Å²) in [6.45, 7) is 37.2. The highest BCUT2D eigenvalue weighted by Crippen LogP contribution is 2.40. The van der Waals surface area contributed by atoms with Gasteiger partial charge in [0.15, 0.2) is 25.0 Å². The topological polar surface area (TPSA) is 54.0 Å². The Bertz CT molecular complexity index is 1120. The molecular formula is C40H74O5Si3. The van der Waals surface area contributed by atoms with Gasteiger partial charge in [-0.2, -0.15) is 0 Å². The number of allylic oxidation sites excluding steroid dienone is 9. The summed E-state index contributed by atoms with van der Waals surface area (Å²) in [5.74, 6) is 0.0629. The number of esters is 1. The van der Waals surface area contributed by atoms with E-state index in [-0.39, 0.29) is 39.2 Å². The lowest BCUT2D eigenvalue weighted by Crippen LogP contribution is -2.47. The summed E-state index contributed by atoms with van der Waals surface area (Å²) in [7, 11) is -4.30. The van der Waals surface area contributed by atoms with Gasteiger partial charge in [-0.15, -0.1) is 0 Å². The summed E-state index contributed by atoms with van der Waals surface area (Å²) < 4.78 is 24.9. The summed E-state index contributed by atoms with van der Waals surface area (Å²) >= 11 is 0. The van der Waals surface area contributed by atoms with Crippen LogP contribution in [0.15, 0.2) is 72.9 Å². The van der Waals surface area contributed by atoms with Gasteiger partial charge in [-0.3, -0.25) is 4.79 Å². The molecule has 0 aromatic heterocycles. The van der Waals surface area contributed by atoms with Gasteiger partial charge >= 0.3 is 5.97 Å². The van der Waals surface area contributed by atoms with Crippen LogP contribution in [-0.2, 0) is 22.8 Å². The van der Waals surface area contributed by atoms with Gasteiger partial charge in [0, 0.05) is 18.9 Å². The van der Waals surface area contributed by atoms with Crippen LogP contribution in [0.5, 0.6) is 0 Å². The zero-order valence-electron chi connectivity index (χ0n) is 34.0. The van der Waals surface area contributed by atoms with E-state index in [0.29, 0.717) is 19.4 Å². The molecule has 5 nitrogen and oxygen atoms in total. The van der Waals surface area contributed by atoms with E-state index in [1.807, 2.05) is 36.5 Å². The maximum atomic E-state index is 11.5. The van der Waals surface area contributed by atoms with Crippen LogP contribution in [0, 0.1) is 5.92 Å². The number of hydrogen-bond acceptors (Lipinski definition) is 5. The molecule has 0 heterocycles. The van der Waals surface area contributed by atoms with Crippen molar-refractivity contribution in [2.24, 2.45) is 5.92 Å². The first-order valence-electron chi connectivity index (χ1n) is 17.8. The summed E-state index contributed by atoms with van der Waals surface area (Å²) in [5.41, 5.74) is 0. The van der Waals surface area contributed by atoms with Crippen molar-refractivity contribution in [3.05, 3.63) is 72.9 Å². The molecule has 0 unspecified atom stereocenters. The van der Waals surface area contributed by atoms with Crippen LogP contribution in [0.1, 0.15) is 88.5 Å². The molecule has 0 aliphatic carbocycles. The minimum Gasteiger partial charge on any atom is -0.469 e. The highest BCUT2D eigenvalue weighted by atomic mass is 28.4. The van der Waals surface area contributed by atoms with Crippen LogP contribution < -0.4 is 0 Å². The molecule has 0 fully saturated rings. The number of carbonyl (C=O) groups is 1. The molecule has 8 heteroatoms. The van der Waals surface area contributed by atoms with Gasteiger partial charge in [0.05, 0.1) is 19.3 Å². The van der Waals surface area contributed by atoms with Crippen molar-refractivity contribution in [2.45, 2.75) is 155 Å². The van der Waals surface area contributed by atoms with E-state index in [2.05, 4.69) is 145 Å². The maximum absolute atomic E-state index is 11.5. The minimum absolute atomic E-state index is 0.00135. The first-order valence-corrected chi connectivity index (χ1v) is 26.6. The lowest BCUT2D eigenvalue weighted by atomic mass is 10.1. The van der Waals surface area contributed by atoms with Gasteiger partial charge in [-0.05, 0) is 67.2 Å². The third-order valence-electron chi connectivity index (χ3n) is 10.2. The van der Waals surface area contributed by atoms with Gasteiger partial charge < -0.3 is 18.0 Å². The molecule has 0 radical (unpaired) electrons. The molecule has 3 atom stereocenters. The van der Waals surface area contributed by atoms with Crippen LogP contribution in [-0.4, -0.2) is 56.8 Å². The monoisotopic (exact) mass is 718 g/mol. The average Bonchev–Trinajstić information content (AvgIpc) is 2.93. The maximum Gasteiger partial charge on any atom is 0.305 e. The summed E-state index contributed by atoms with van der Waals surface area (Å²) in [4.78, 5) is 11.5. The van der Waals surface area contributed by atoms with E-state index >= 15 is 0 Å². The average molecular weight is 719 g/mol. The van der Waals surface area contributed by atoms with Crippen LogP contribution in [0.3, 0.4) is 0 Å². The second-order valence-corrected chi connectivity index (χ2v) is 31.9. The van der Waals surface area contributed by atoms with Crippen LogP contribution in [0.2, 0.25) is 54.4 Å². The Morgan fingerprint density at radius 1 is 0.625 bits per heavy atom. The van der Waals surface area contributed by atoms with Crippen molar-refractivity contribution in [3.8, 4) is 0 Å². The zero-order chi connectivity index (χ0) is 37.5. The van der Waals surface area contributed by atoms with E-state index in [9.17, 15) is 4.79 Å². The molecule has 0 saturated heterocycles. The highest BCUT2D eigenvalue weighted by Gasteiger charge is 2.41. The Hall–Kier alpha value is -1.56. The molecule has 0 rings (SSSR count). The molecule has 0 spiro atoms. The van der Waals surface area contributed by atoms with Gasteiger partial charge in [0.2, 0.25) is 0 Å². The summed E-state index contributed by atoms with van der Waals surface area (Å²) in [6.07, 6.45) is 26.7. The Morgan fingerprint density at radius 2 is 1.08 bits per heavy atom. The second kappa shape index (κ2) is 20.3. The largest absolute Gasteiger partial charge is 0.469 e. The molecule has 0 bridgehead atoms. The molecule has 0 N–H and O–H groups in total. The Kier molecular flexibility index (Phi) is 19.7. The summed E-state index contributed by atoms with van der Waals surface area (Å²) in [5, 5.41) is 0.446. The third kappa shape index (κ3) is 17.9. The number of methoxy groups -OCH3 is 1. The van der Waals surface area contributed by atoms with Gasteiger partial charge in [-0.1, -0.05) is 142 Å². The van der Waals surface area contributed by atoms with Crippen molar-refractivity contribution in [1.82, 2.24) is 0 Å². The van der Waals surface area contributed by atoms with E-state index in [1.54, 1.807) is 0 Å². The standard InChI is InChI=1S/C40H74O5Si3/c1-34(33-43-46(12,13)38(2,3)4)36(45-48(16,17)40(8,9)10)31-26-24-22-20-18-19-21-23-25-29-35(30-27-28-32-37(41)42-11)44-47(14,15)39(5,6)7/h18-27,30-31,34-36H,28-29,32-33H2,1-17H3/b20-18+,21-19+,24-22+,25-23+,30-27+,31-26+/t34-,35-,36+/m0/s1. The molecular weight excluding hydrogens is 645 g/mol. The number of carbonyl (C=O) groups excluding carboxylic acids is 1. The third-order valence-corrected chi connectivity index (χ3v) is 23.7. The Labute approximate surface area is 300 Å². The molecule has 0 amide bonds. The first kappa shape index (κ1) is 46.4. The molecule has 0 aromatic carbocycles. The van der Waals surface area contributed by atoms with Crippen molar-refractivity contribution in [2.75, 3.05) is 13.7 Å². The first-order chi connectivity index (χ1) is 21.8. The van der Waals surface area contributed by atoms with E-state index < -0.39 is 25.0 Å². The molecule has 48 heavy (non-hydrogen) atoms. The lowest BCUT2D eigenvalue weighted by molar-refractivity contribution is -0.140. The number of rotatable bonds is 19. The van der Waals surface area contributed by atoms with E-state index in [4.69, 9.17) is 18.0 Å². The summed E-state index contributed by atoms with van der Waals surface area (Å²) in [6, 6.07) is 0. The molecule has 0 aliphatic rings. The van der Waals surface area contributed by atoms with Crippen molar-refractivity contribution in [3.63, 3.8) is 0 Å². The van der Waals surface area contributed by atoms with E-state index in [1.165, 1.54) is 7.11 Å². The SMILES string of the molecule is COC(=O)CC/C=C/[C@H](C/C=C/C=C/C=C/C=C/C=C/[C@@H](O[Si](C)(C)C(C)(C)C)[C@@H](C)CO[Si](C)(C)C(C)(C)C)O[Si](C)(C)C(C)(C)C. The minimum atomic E-state index is -1.96. The molecule has 0 saturated carbocycles. The van der Waals surface area contributed by atoms with Crippen LogP contribution >= 0.6 is 0 Å². The van der Waals surface area contributed by atoms with Crippen molar-refractivity contribution >= 4 is 30.9 Å². The second-order valence-electron chi connectivity index (χ2n) is 17.6.